The highest BCUT2D eigenvalue weighted by Crippen LogP contribution is 2.20. The maximum atomic E-state index is 12.0. The minimum absolute atomic E-state index is 0.0975. The van der Waals surface area contributed by atoms with Crippen molar-refractivity contribution in [1.82, 2.24) is 10.2 Å². The third-order valence-corrected chi connectivity index (χ3v) is 4.85. The number of amidine groups is 1. The van der Waals surface area contributed by atoms with Crippen LogP contribution in [-0.4, -0.2) is 67.5 Å². The van der Waals surface area contributed by atoms with Crippen molar-refractivity contribution in [3.8, 4) is 5.75 Å². The Hall–Kier alpha value is -2.06. The van der Waals surface area contributed by atoms with Gasteiger partial charge in [-0.25, -0.2) is 0 Å². The number of nitrogens with zero attached hydrogens (tertiary/aromatic N) is 3. The number of aliphatic imine (C=N–C) groups is 1. The fourth-order valence-corrected chi connectivity index (χ4v) is 3.38. The predicted molar refractivity (Wildman–Crippen MR) is 94.7 cm³/mol. The van der Waals surface area contributed by atoms with E-state index in [1.807, 2.05) is 24.3 Å². The molecule has 1 N–H and O–H groups in total. The van der Waals surface area contributed by atoms with Gasteiger partial charge in [-0.1, -0.05) is 11.8 Å². The van der Waals surface area contributed by atoms with E-state index in [0.717, 1.165) is 37.6 Å². The molecule has 8 heteroatoms. The third-order valence-electron chi connectivity index (χ3n) is 3.98. The summed E-state index contributed by atoms with van der Waals surface area (Å²) in [5.41, 5.74) is 1.16. The van der Waals surface area contributed by atoms with Gasteiger partial charge in [-0.3, -0.25) is 14.5 Å². The molecule has 2 heterocycles. The molecule has 2 amide bonds. The second kappa shape index (κ2) is 7.67. The molecule has 0 aromatic heterocycles. The fourth-order valence-electron chi connectivity index (χ4n) is 2.68. The van der Waals surface area contributed by atoms with Crippen LogP contribution in [0, 0.1) is 0 Å². The van der Waals surface area contributed by atoms with E-state index >= 15 is 0 Å². The summed E-state index contributed by atoms with van der Waals surface area (Å²) in [4.78, 5) is 31.4. The topological polar surface area (TPSA) is 74.2 Å². The molecule has 1 aromatic carbocycles. The first-order chi connectivity index (χ1) is 11.6. The van der Waals surface area contributed by atoms with Gasteiger partial charge in [0.05, 0.1) is 19.4 Å². The number of hydrogen-bond donors (Lipinski definition) is 1. The number of anilines is 1. The van der Waals surface area contributed by atoms with Crippen molar-refractivity contribution in [2.75, 3.05) is 50.5 Å². The summed E-state index contributed by atoms with van der Waals surface area (Å²) in [6.07, 6.45) is 0. The summed E-state index contributed by atoms with van der Waals surface area (Å²) in [6, 6.07) is 8.00. The molecule has 2 fully saturated rings. The van der Waals surface area contributed by atoms with E-state index in [9.17, 15) is 9.59 Å². The summed E-state index contributed by atoms with van der Waals surface area (Å²) < 4.78 is 5.17. The number of hydrogen-bond acceptors (Lipinski definition) is 6. The molecule has 0 spiro atoms. The molecule has 0 unspecified atom stereocenters. The van der Waals surface area contributed by atoms with E-state index in [4.69, 9.17) is 4.74 Å². The van der Waals surface area contributed by atoms with E-state index in [1.54, 1.807) is 7.11 Å². The van der Waals surface area contributed by atoms with Gasteiger partial charge in [-0.2, -0.15) is 4.99 Å². The minimum atomic E-state index is -0.211. The van der Waals surface area contributed by atoms with Gasteiger partial charge in [-0.15, -0.1) is 0 Å². The highest BCUT2D eigenvalue weighted by atomic mass is 32.2. The van der Waals surface area contributed by atoms with E-state index in [0.29, 0.717) is 10.9 Å². The van der Waals surface area contributed by atoms with E-state index in [2.05, 4.69) is 20.1 Å². The number of thioether (sulfide) groups is 1. The standard InChI is InChI=1S/C16H20N4O3S/c1-23-13-4-2-12(3-5-13)20-8-6-19(7-9-20)10-14(21)17-16-18-15(22)11-24-16/h2-5H,6-11H2,1H3,(H,17,18,21,22). The van der Waals surface area contributed by atoms with Gasteiger partial charge >= 0.3 is 0 Å². The summed E-state index contributed by atoms with van der Waals surface area (Å²) in [6.45, 7) is 3.63. The molecule has 24 heavy (non-hydrogen) atoms. The zero-order valence-electron chi connectivity index (χ0n) is 13.5. The molecule has 0 bridgehead atoms. The van der Waals surface area contributed by atoms with Gasteiger partial charge in [-0.05, 0) is 24.3 Å². The van der Waals surface area contributed by atoms with Crippen LogP contribution in [0.15, 0.2) is 29.3 Å². The first-order valence-electron chi connectivity index (χ1n) is 7.79. The normalized spacial score (nSPS) is 20.3. The Morgan fingerprint density at radius 3 is 2.54 bits per heavy atom. The largest absolute Gasteiger partial charge is 0.497 e. The van der Waals surface area contributed by atoms with Crippen molar-refractivity contribution in [1.29, 1.82) is 0 Å². The zero-order chi connectivity index (χ0) is 16.9. The number of methoxy groups -OCH3 is 1. The fraction of sp³-hybridized carbons (Fsp3) is 0.438. The van der Waals surface area contributed by atoms with Crippen molar-refractivity contribution in [3.05, 3.63) is 24.3 Å². The number of carbonyl (C=O) groups is 2. The van der Waals surface area contributed by atoms with Crippen LogP contribution in [-0.2, 0) is 9.59 Å². The van der Waals surface area contributed by atoms with Gasteiger partial charge in [0.15, 0.2) is 5.17 Å². The molecule has 128 valence electrons. The molecule has 2 aliphatic rings. The Kier molecular flexibility index (Phi) is 5.37. The summed E-state index contributed by atoms with van der Waals surface area (Å²) in [5.74, 6) is 0.878. The van der Waals surface area contributed by atoms with Crippen molar-refractivity contribution in [3.63, 3.8) is 0 Å². The second-order valence-electron chi connectivity index (χ2n) is 5.61. The Labute approximate surface area is 145 Å². The lowest BCUT2D eigenvalue weighted by Gasteiger charge is -2.35. The second-order valence-corrected chi connectivity index (χ2v) is 6.57. The van der Waals surface area contributed by atoms with E-state index in [-0.39, 0.29) is 18.4 Å². The maximum Gasteiger partial charge on any atom is 0.262 e. The molecule has 0 atom stereocenters. The Morgan fingerprint density at radius 2 is 1.96 bits per heavy atom. The minimum Gasteiger partial charge on any atom is -0.497 e. The van der Waals surface area contributed by atoms with Crippen molar-refractivity contribution in [2.45, 2.75) is 0 Å². The smallest absolute Gasteiger partial charge is 0.262 e. The number of carbonyl (C=O) groups excluding carboxylic acids is 2. The number of ether oxygens (including phenoxy) is 1. The molecule has 3 rings (SSSR count). The van der Waals surface area contributed by atoms with E-state index in [1.165, 1.54) is 11.8 Å². The SMILES string of the molecule is COc1ccc(N2CCN(CC(=O)N=C3NC(=O)CS3)CC2)cc1. The van der Waals surface area contributed by atoms with Crippen molar-refractivity contribution < 1.29 is 14.3 Å². The lowest BCUT2D eigenvalue weighted by molar-refractivity contribution is -0.119. The molecule has 2 aliphatic heterocycles. The summed E-state index contributed by atoms with van der Waals surface area (Å²) in [7, 11) is 1.66. The molecule has 7 nitrogen and oxygen atoms in total. The first-order valence-corrected chi connectivity index (χ1v) is 8.78. The van der Waals surface area contributed by atoms with Crippen LogP contribution >= 0.6 is 11.8 Å². The van der Waals surface area contributed by atoms with Crippen LogP contribution in [0.4, 0.5) is 5.69 Å². The van der Waals surface area contributed by atoms with Crippen LogP contribution in [0.3, 0.4) is 0 Å². The van der Waals surface area contributed by atoms with Crippen molar-refractivity contribution in [2.24, 2.45) is 4.99 Å². The molecule has 2 saturated heterocycles. The average Bonchev–Trinajstić information content (AvgIpc) is 3.00. The van der Waals surface area contributed by atoms with Crippen LogP contribution < -0.4 is 15.0 Å². The number of nitrogens with one attached hydrogen (secondary N) is 1. The van der Waals surface area contributed by atoms with Gasteiger partial charge in [0.2, 0.25) is 5.91 Å². The zero-order valence-corrected chi connectivity index (χ0v) is 14.3. The van der Waals surface area contributed by atoms with Gasteiger partial charge in [0.1, 0.15) is 5.75 Å². The Balaban J connectivity index is 1.48. The Morgan fingerprint density at radius 1 is 1.25 bits per heavy atom. The van der Waals surface area contributed by atoms with Crippen LogP contribution in [0.2, 0.25) is 0 Å². The van der Waals surface area contributed by atoms with Gasteiger partial charge < -0.3 is 15.0 Å². The quantitative estimate of drug-likeness (QED) is 0.857. The highest BCUT2D eigenvalue weighted by molar-refractivity contribution is 8.15. The lowest BCUT2D eigenvalue weighted by Crippen LogP contribution is -2.47. The van der Waals surface area contributed by atoms with Crippen LogP contribution in [0.25, 0.3) is 0 Å². The lowest BCUT2D eigenvalue weighted by atomic mass is 10.2. The predicted octanol–water partition coefficient (Wildman–Crippen LogP) is 0.563. The Bertz CT molecular complexity index is 639. The number of benzene rings is 1. The average molecular weight is 348 g/mol. The van der Waals surface area contributed by atoms with E-state index < -0.39 is 0 Å². The van der Waals surface area contributed by atoms with Crippen LogP contribution in [0.1, 0.15) is 0 Å². The monoisotopic (exact) mass is 348 g/mol. The molecular weight excluding hydrogens is 328 g/mol. The molecule has 0 saturated carbocycles. The first kappa shape index (κ1) is 16.8. The molecule has 0 radical (unpaired) electrons. The van der Waals surface area contributed by atoms with Gasteiger partial charge in [0.25, 0.3) is 5.91 Å². The maximum absolute atomic E-state index is 12.0. The van der Waals surface area contributed by atoms with Crippen molar-refractivity contribution >= 4 is 34.4 Å². The number of piperazine rings is 1. The third kappa shape index (κ3) is 4.27. The number of amides is 2. The molecular formula is C16H20N4O3S. The number of rotatable bonds is 4. The van der Waals surface area contributed by atoms with Crippen LogP contribution in [0.5, 0.6) is 5.75 Å². The van der Waals surface area contributed by atoms with Gasteiger partial charge in [0, 0.05) is 31.9 Å². The molecule has 1 aromatic rings. The molecule has 0 aliphatic carbocycles. The highest BCUT2D eigenvalue weighted by Gasteiger charge is 2.21. The summed E-state index contributed by atoms with van der Waals surface area (Å²) in [5, 5.41) is 2.99. The summed E-state index contributed by atoms with van der Waals surface area (Å²) >= 11 is 1.27.